The molecule has 0 saturated carbocycles. The van der Waals surface area contributed by atoms with Crippen LogP contribution in [0.25, 0.3) is 5.65 Å². The van der Waals surface area contributed by atoms with Crippen molar-refractivity contribution in [2.45, 2.75) is 6.54 Å². The molecule has 0 spiro atoms. The van der Waals surface area contributed by atoms with E-state index in [-0.39, 0.29) is 18.4 Å². The Morgan fingerprint density at radius 1 is 1.08 bits per heavy atom. The van der Waals surface area contributed by atoms with Crippen molar-refractivity contribution in [2.24, 2.45) is 0 Å². The molecule has 10 nitrogen and oxygen atoms in total. The molecule has 2 amide bonds. The number of aromatic nitrogens is 6. The van der Waals surface area contributed by atoms with E-state index in [9.17, 15) is 9.59 Å². The van der Waals surface area contributed by atoms with Crippen LogP contribution in [-0.4, -0.2) is 77.4 Å². The fourth-order valence-corrected chi connectivity index (χ4v) is 2.85. The topological polar surface area (TPSA) is 102 Å². The highest BCUT2D eigenvalue weighted by molar-refractivity contribution is 5.93. The van der Waals surface area contributed by atoms with Gasteiger partial charge in [0, 0.05) is 38.6 Å². The summed E-state index contributed by atoms with van der Waals surface area (Å²) in [5, 5.41) is 10.7. The van der Waals surface area contributed by atoms with Gasteiger partial charge in [-0.15, -0.1) is 5.10 Å². The highest BCUT2D eigenvalue weighted by Crippen LogP contribution is 2.10. The fourth-order valence-electron chi connectivity index (χ4n) is 2.85. The van der Waals surface area contributed by atoms with Crippen molar-refractivity contribution in [3.05, 3.63) is 42.6 Å². The van der Waals surface area contributed by atoms with Crippen LogP contribution in [0, 0.1) is 0 Å². The summed E-state index contributed by atoms with van der Waals surface area (Å²) in [4.78, 5) is 32.6. The number of fused-ring (bicyclic) bond motifs is 1. The molecule has 4 heterocycles. The Morgan fingerprint density at radius 3 is 2.60 bits per heavy atom. The Balaban J connectivity index is 1.37. The van der Waals surface area contributed by atoms with Crippen molar-refractivity contribution in [1.82, 2.24) is 39.4 Å². The van der Waals surface area contributed by atoms with E-state index in [0.717, 1.165) is 5.65 Å². The minimum absolute atomic E-state index is 0.0628. The predicted octanol–water partition coefficient (Wildman–Crippen LogP) is -0.695. The molecule has 1 saturated heterocycles. The average molecular weight is 340 g/mol. The lowest BCUT2D eigenvalue weighted by atomic mass is 10.2. The van der Waals surface area contributed by atoms with Gasteiger partial charge in [-0.1, -0.05) is 6.07 Å². The molecular formula is C15H16N8O2. The van der Waals surface area contributed by atoms with E-state index in [1.807, 2.05) is 28.8 Å². The lowest BCUT2D eigenvalue weighted by Gasteiger charge is -2.34. The molecular weight excluding hydrogens is 324 g/mol. The zero-order valence-corrected chi connectivity index (χ0v) is 13.4. The summed E-state index contributed by atoms with van der Waals surface area (Å²) in [5.74, 6) is -0.177. The Labute approximate surface area is 142 Å². The summed E-state index contributed by atoms with van der Waals surface area (Å²) >= 11 is 0. The van der Waals surface area contributed by atoms with Gasteiger partial charge in [0.2, 0.25) is 5.91 Å². The zero-order valence-electron chi connectivity index (χ0n) is 13.4. The summed E-state index contributed by atoms with van der Waals surface area (Å²) in [6, 6.07) is 5.62. The largest absolute Gasteiger partial charge is 0.338 e. The van der Waals surface area contributed by atoms with Crippen LogP contribution in [0.15, 0.2) is 36.9 Å². The number of hydrogen-bond donors (Lipinski definition) is 0. The van der Waals surface area contributed by atoms with Crippen LogP contribution in [0.2, 0.25) is 0 Å². The van der Waals surface area contributed by atoms with Crippen molar-refractivity contribution < 1.29 is 9.59 Å². The molecule has 0 N–H and O–H groups in total. The zero-order chi connectivity index (χ0) is 17.2. The van der Waals surface area contributed by atoms with Gasteiger partial charge in [0.1, 0.15) is 24.2 Å². The number of nitrogens with zero attached hydrogens (tertiary/aromatic N) is 8. The Hall–Kier alpha value is -3.30. The monoisotopic (exact) mass is 340 g/mol. The van der Waals surface area contributed by atoms with E-state index in [4.69, 9.17) is 0 Å². The highest BCUT2D eigenvalue weighted by atomic mass is 16.2. The summed E-state index contributed by atoms with van der Waals surface area (Å²) in [7, 11) is 0. The summed E-state index contributed by atoms with van der Waals surface area (Å²) < 4.78 is 3.20. The van der Waals surface area contributed by atoms with Gasteiger partial charge in [-0.25, -0.2) is 9.67 Å². The highest BCUT2D eigenvalue weighted by Gasteiger charge is 2.26. The number of tetrazole rings is 1. The number of rotatable bonds is 3. The van der Waals surface area contributed by atoms with Gasteiger partial charge in [0.05, 0.1) is 0 Å². The van der Waals surface area contributed by atoms with E-state index in [1.165, 1.54) is 11.0 Å². The van der Waals surface area contributed by atoms with Crippen LogP contribution in [0.4, 0.5) is 0 Å². The van der Waals surface area contributed by atoms with Crippen molar-refractivity contribution in [3.63, 3.8) is 0 Å². The van der Waals surface area contributed by atoms with Gasteiger partial charge in [-0.05, 0) is 22.6 Å². The Kier molecular flexibility index (Phi) is 3.84. The van der Waals surface area contributed by atoms with Crippen LogP contribution in [0.3, 0.4) is 0 Å². The normalized spacial score (nSPS) is 14.9. The molecule has 0 atom stereocenters. The van der Waals surface area contributed by atoms with E-state index in [0.29, 0.717) is 31.9 Å². The molecule has 1 fully saturated rings. The maximum absolute atomic E-state index is 12.6. The molecule has 1 aliphatic rings. The molecule has 0 aliphatic carbocycles. The van der Waals surface area contributed by atoms with Crippen LogP contribution >= 0.6 is 0 Å². The first-order valence-corrected chi connectivity index (χ1v) is 7.92. The number of imidazole rings is 1. The smallest absolute Gasteiger partial charge is 0.274 e. The Morgan fingerprint density at radius 2 is 1.88 bits per heavy atom. The third kappa shape index (κ3) is 3.05. The number of carbonyl (C=O) groups is 2. The molecule has 3 aromatic rings. The third-order valence-electron chi connectivity index (χ3n) is 4.19. The van der Waals surface area contributed by atoms with Crippen molar-refractivity contribution in [2.75, 3.05) is 26.2 Å². The number of carbonyl (C=O) groups excluding carboxylic acids is 2. The maximum atomic E-state index is 12.6. The summed E-state index contributed by atoms with van der Waals surface area (Å²) in [5.41, 5.74) is 1.15. The van der Waals surface area contributed by atoms with Crippen molar-refractivity contribution >= 4 is 17.5 Å². The average Bonchev–Trinajstić information content (AvgIpc) is 3.30. The van der Waals surface area contributed by atoms with Crippen LogP contribution < -0.4 is 0 Å². The molecule has 0 radical (unpaired) electrons. The van der Waals surface area contributed by atoms with Gasteiger partial charge in [-0.3, -0.25) is 9.59 Å². The quantitative estimate of drug-likeness (QED) is 0.625. The molecule has 25 heavy (non-hydrogen) atoms. The van der Waals surface area contributed by atoms with Crippen LogP contribution in [-0.2, 0) is 11.3 Å². The van der Waals surface area contributed by atoms with Gasteiger partial charge in [-0.2, -0.15) is 0 Å². The first-order chi connectivity index (χ1) is 12.2. The molecule has 0 aromatic carbocycles. The molecule has 0 unspecified atom stereocenters. The van der Waals surface area contributed by atoms with E-state index in [2.05, 4.69) is 20.5 Å². The second-order valence-corrected chi connectivity index (χ2v) is 5.77. The molecule has 128 valence electrons. The summed E-state index contributed by atoms with van der Waals surface area (Å²) in [6.45, 7) is 2.04. The fraction of sp³-hybridized carbons (Fsp3) is 0.333. The first-order valence-electron chi connectivity index (χ1n) is 7.92. The van der Waals surface area contributed by atoms with Crippen LogP contribution in [0.5, 0.6) is 0 Å². The number of pyridine rings is 1. The van der Waals surface area contributed by atoms with Crippen LogP contribution in [0.1, 0.15) is 10.5 Å². The number of hydrogen-bond acceptors (Lipinski definition) is 6. The lowest BCUT2D eigenvalue weighted by molar-refractivity contribution is -0.133. The van der Waals surface area contributed by atoms with Crippen molar-refractivity contribution in [1.29, 1.82) is 0 Å². The third-order valence-corrected chi connectivity index (χ3v) is 4.19. The first kappa shape index (κ1) is 15.2. The van der Waals surface area contributed by atoms with E-state index < -0.39 is 0 Å². The van der Waals surface area contributed by atoms with Gasteiger partial charge in [0.25, 0.3) is 5.91 Å². The second kappa shape index (κ2) is 6.30. The molecule has 10 heteroatoms. The minimum atomic E-state index is -0.115. The number of piperazine rings is 1. The second-order valence-electron chi connectivity index (χ2n) is 5.77. The molecule has 0 bridgehead atoms. The lowest BCUT2D eigenvalue weighted by Crippen LogP contribution is -2.51. The van der Waals surface area contributed by atoms with Gasteiger partial charge in [0.15, 0.2) is 0 Å². The SMILES string of the molecule is O=C(Cn1cnnn1)N1CCN(C(=O)c2cn3ccccc3n2)CC1. The molecule has 4 rings (SSSR count). The minimum Gasteiger partial charge on any atom is -0.338 e. The maximum Gasteiger partial charge on any atom is 0.274 e. The predicted molar refractivity (Wildman–Crippen MR) is 85.5 cm³/mol. The molecule has 1 aliphatic heterocycles. The standard InChI is InChI=1S/C15H16N8O2/c24-14(10-23-11-16-18-19-23)20-5-7-21(8-6-20)15(25)12-9-22-4-2-1-3-13(22)17-12/h1-4,9,11H,5-8,10H2. The van der Waals surface area contributed by atoms with Crippen molar-refractivity contribution in [3.8, 4) is 0 Å². The molecule has 3 aromatic heterocycles. The summed E-state index contributed by atoms with van der Waals surface area (Å²) in [6.07, 6.45) is 4.99. The van der Waals surface area contributed by atoms with Gasteiger partial charge < -0.3 is 14.2 Å². The number of amides is 2. The van der Waals surface area contributed by atoms with E-state index in [1.54, 1.807) is 16.0 Å². The van der Waals surface area contributed by atoms with E-state index >= 15 is 0 Å². The Bertz CT molecular complexity index is 862. The van der Waals surface area contributed by atoms with Gasteiger partial charge >= 0.3 is 0 Å².